The van der Waals surface area contributed by atoms with Crippen LogP contribution in [0.5, 0.6) is 5.75 Å². The number of piperidine rings is 1. The molecule has 5 rings (SSSR count). The summed E-state index contributed by atoms with van der Waals surface area (Å²) in [4.78, 5) is 14.8. The Bertz CT molecular complexity index is 1070. The van der Waals surface area contributed by atoms with Gasteiger partial charge in [-0.1, -0.05) is 54.8 Å². The first kappa shape index (κ1) is 22.9. The van der Waals surface area contributed by atoms with Gasteiger partial charge >= 0.3 is 6.09 Å². The number of fused-ring (bicyclic) bond motifs is 1. The number of nitrogens with one attached hydrogen (secondary N) is 1. The molecule has 1 amide bonds. The van der Waals surface area contributed by atoms with E-state index in [0.717, 1.165) is 62.3 Å². The lowest BCUT2D eigenvalue weighted by Gasteiger charge is -2.31. The molecule has 1 saturated carbocycles. The number of aryl methyl sites for hydroxylation is 1. The predicted octanol–water partition coefficient (Wildman–Crippen LogP) is 6.09. The maximum atomic E-state index is 12.2. The van der Waals surface area contributed by atoms with Crippen molar-refractivity contribution in [3.8, 4) is 5.75 Å². The van der Waals surface area contributed by atoms with E-state index in [9.17, 15) is 4.79 Å². The van der Waals surface area contributed by atoms with Gasteiger partial charge in [0.2, 0.25) is 0 Å². The van der Waals surface area contributed by atoms with E-state index in [1.54, 1.807) is 6.07 Å². The molecule has 34 heavy (non-hydrogen) atoms. The SMILES string of the molecule is O=C(NC1CCCCC1)Oc1ccc2c(CCC3CCN(Cc4ccccc4)CC3)noc2c1. The molecule has 1 aliphatic carbocycles. The van der Waals surface area contributed by atoms with Crippen molar-refractivity contribution >= 4 is 17.1 Å². The van der Waals surface area contributed by atoms with Crippen molar-refractivity contribution in [2.45, 2.75) is 70.4 Å². The van der Waals surface area contributed by atoms with E-state index in [1.807, 2.05) is 12.1 Å². The van der Waals surface area contributed by atoms with E-state index in [4.69, 9.17) is 9.26 Å². The lowest BCUT2D eigenvalue weighted by Crippen LogP contribution is -2.37. The molecule has 2 aromatic carbocycles. The first-order valence-corrected chi connectivity index (χ1v) is 12.9. The number of carbonyl (C=O) groups excluding carboxylic acids is 1. The van der Waals surface area contributed by atoms with Crippen molar-refractivity contribution in [2.24, 2.45) is 5.92 Å². The molecule has 0 radical (unpaired) electrons. The highest BCUT2D eigenvalue weighted by atomic mass is 16.6. The third-order valence-electron chi connectivity index (χ3n) is 7.40. The van der Waals surface area contributed by atoms with Gasteiger partial charge in [-0.3, -0.25) is 4.90 Å². The molecule has 1 saturated heterocycles. The second-order valence-electron chi connectivity index (χ2n) is 9.90. The van der Waals surface area contributed by atoms with Crippen LogP contribution >= 0.6 is 0 Å². The summed E-state index contributed by atoms with van der Waals surface area (Å²) in [6.45, 7) is 3.36. The van der Waals surface area contributed by atoms with Crippen molar-refractivity contribution in [3.05, 3.63) is 59.8 Å². The smallest absolute Gasteiger partial charge is 0.410 e. The first-order valence-electron chi connectivity index (χ1n) is 12.9. The van der Waals surface area contributed by atoms with E-state index in [1.165, 1.54) is 37.7 Å². The van der Waals surface area contributed by atoms with E-state index < -0.39 is 0 Å². The molecular weight excluding hydrogens is 426 g/mol. The molecule has 3 aromatic rings. The Morgan fingerprint density at radius 2 is 1.82 bits per heavy atom. The van der Waals surface area contributed by atoms with Crippen LogP contribution in [0.2, 0.25) is 0 Å². The number of carbonyl (C=O) groups is 1. The van der Waals surface area contributed by atoms with Gasteiger partial charge in [0, 0.05) is 24.0 Å². The summed E-state index contributed by atoms with van der Waals surface area (Å²) >= 11 is 0. The lowest BCUT2D eigenvalue weighted by atomic mass is 9.91. The average Bonchev–Trinajstić information content (AvgIpc) is 3.27. The predicted molar refractivity (Wildman–Crippen MR) is 133 cm³/mol. The number of nitrogens with zero attached hydrogens (tertiary/aromatic N) is 2. The van der Waals surface area contributed by atoms with Crippen LogP contribution in [0.4, 0.5) is 4.79 Å². The second kappa shape index (κ2) is 11.0. The highest BCUT2D eigenvalue weighted by Crippen LogP contribution is 2.28. The number of rotatable bonds is 7. The van der Waals surface area contributed by atoms with Gasteiger partial charge < -0.3 is 14.6 Å². The third-order valence-corrected chi connectivity index (χ3v) is 7.40. The Balaban J connectivity index is 1.09. The standard InChI is InChI=1S/C28H35N3O3/c32-28(29-23-9-5-2-6-10-23)33-24-12-13-25-26(30-34-27(25)19-24)14-11-21-15-17-31(18-16-21)20-22-7-3-1-4-8-22/h1,3-4,7-8,12-13,19,21,23H,2,5-6,9-11,14-18,20H2,(H,29,32). The number of aromatic nitrogens is 1. The Morgan fingerprint density at radius 1 is 1.03 bits per heavy atom. The zero-order valence-electron chi connectivity index (χ0n) is 19.9. The highest BCUT2D eigenvalue weighted by Gasteiger charge is 2.21. The Hall–Kier alpha value is -2.86. The van der Waals surface area contributed by atoms with Gasteiger partial charge in [0.25, 0.3) is 0 Å². The molecule has 2 aliphatic rings. The third kappa shape index (κ3) is 5.98. The van der Waals surface area contributed by atoms with Crippen LogP contribution in [0.15, 0.2) is 53.1 Å². The fourth-order valence-electron chi connectivity index (χ4n) is 5.38. The summed E-state index contributed by atoms with van der Waals surface area (Å²) in [5, 5.41) is 8.32. The van der Waals surface area contributed by atoms with Gasteiger partial charge in [0.15, 0.2) is 5.58 Å². The van der Waals surface area contributed by atoms with Crippen molar-refractivity contribution in [3.63, 3.8) is 0 Å². The Labute approximate surface area is 201 Å². The van der Waals surface area contributed by atoms with Crippen molar-refractivity contribution in [1.29, 1.82) is 0 Å². The molecular formula is C28H35N3O3. The molecule has 6 nitrogen and oxygen atoms in total. The minimum Gasteiger partial charge on any atom is -0.410 e. The van der Waals surface area contributed by atoms with Crippen molar-refractivity contribution < 1.29 is 14.1 Å². The number of ether oxygens (including phenoxy) is 1. The monoisotopic (exact) mass is 461 g/mol. The average molecular weight is 462 g/mol. The van der Waals surface area contributed by atoms with Crippen LogP contribution in [0.25, 0.3) is 11.0 Å². The van der Waals surface area contributed by atoms with Gasteiger partial charge in [0.1, 0.15) is 5.75 Å². The normalized spacial score (nSPS) is 18.2. The zero-order chi connectivity index (χ0) is 23.2. The summed E-state index contributed by atoms with van der Waals surface area (Å²) in [5.41, 5.74) is 3.07. The molecule has 1 aliphatic heterocycles. The lowest BCUT2D eigenvalue weighted by molar-refractivity contribution is 0.172. The van der Waals surface area contributed by atoms with Crippen LogP contribution in [0, 0.1) is 5.92 Å². The quantitative estimate of drug-likeness (QED) is 0.461. The molecule has 0 unspecified atom stereocenters. The minimum absolute atomic E-state index is 0.229. The minimum atomic E-state index is -0.385. The zero-order valence-corrected chi connectivity index (χ0v) is 19.9. The van der Waals surface area contributed by atoms with Crippen molar-refractivity contribution in [2.75, 3.05) is 13.1 Å². The molecule has 0 spiro atoms. The topological polar surface area (TPSA) is 67.6 Å². The van der Waals surface area contributed by atoms with Gasteiger partial charge in [-0.25, -0.2) is 4.79 Å². The van der Waals surface area contributed by atoms with Gasteiger partial charge in [0.05, 0.1) is 5.69 Å². The summed E-state index contributed by atoms with van der Waals surface area (Å²) in [5.74, 6) is 1.22. The number of hydrogen-bond donors (Lipinski definition) is 1. The molecule has 6 heteroatoms. The number of likely N-dealkylation sites (tertiary alicyclic amines) is 1. The van der Waals surface area contributed by atoms with Crippen LogP contribution < -0.4 is 10.1 Å². The number of hydrogen-bond acceptors (Lipinski definition) is 5. The fourth-order valence-corrected chi connectivity index (χ4v) is 5.38. The molecule has 2 fully saturated rings. The van der Waals surface area contributed by atoms with Crippen LogP contribution in [0.3, 0.4) is 0 Å². The molecule has 1 N–H and O–H groups in total. The van der Waals surface area contributed by atoms with Crippen LogP contribution in [0.1, 0.15) is 62.6 Å². The number of amides is 1. The van der Waals surface area contributed by atoms with E-state index in [-0.39, 0.29) is 12.1 Å². The summed E-state index contributed by atoms with van der Waals surface area (Å²) in [7, 11) is 0. The van der Waals surface area contributed by atoms with E-state index >= 15 is 0 Å². The molecule has 180 valence electrons. The highest BCUT2D eigenvalue weighted by molar-refractivity contribution is 5.82. The molecule has 0 bridgehead atoms. The maximum absolute atomic E-state index is 12.2. The maximum Gasteiger partial charge on any atom is 0.412 e. The van der Waals surface area contributed by atoms with E-state index in [2.05, 4.69) is 45.7 Å². The summed E-state index contributed by atoms with van der Waals surface area (Å²) < 4.78 is 11.1. The summed E-state index contributed by atoms with van der Waals surface area (Å²) in [6, 6.07) is 16.5. The Morgan fingerprint density at radius 3 is 2.62 bits per heavy atom. The Kier molecular flexibility index (Phi) is 7.44. The van der Waals surface area contributed by atoms with Crippen LogP contribution in [-0.2, 0) is 13.0 Å². The van der Waals surface area contributed by atoms with Crippen LogP contribution in [-0.4, -0.2) is 35.3 Å². The van der Waals surface area contributed by atoms with Crippen molar-refractivity contribution in [1.82, 2.24) is 15.4 Å². The summed E-state index contributed by atoms with van der Waals surface area (Å²) in [6.07, 6.45) is 9.79. The van der Waals surface area contributed by atoms with Gasteiger partial charge in [-0.05, 0) is 75.2 Å². The fraction of sp³-hybridized carbons (Fsp3) is 0.500. The first-order chi connectivity index (χ1) is 16.7. The molecule has 1 aromatic heterocycles. The van der Waals surface area contributed by atoms with Gasteiger partial charge in [-0.15, -0.1) is 0 Å². The molecule has 0 atom stereocenters. The van der Waals surface area contributed by atoms with E-state index in [0.29, 0.717) is 11.3 Å². The number of benzene rings is 2. The molecule has 2 heterocycles. The second-order valence-corrected chi connectivity index (χ2v) is 9.90. The largest absolute Gasteiger partial charge is 0.412 e. The van der Waals surface area contributed by atoms with Gasteiger partial charge in [-0.2, -0.15) is 0 Å².